The molecule has 0 bridgehead atoms. The van der Waals surface area contributed by atoms with Crippen molar-refractivity contribution in [2.45, 2.75) is 56.3 Å². The summed E-state index contributed by atoms with van der Waals surface area (Å²) in [5.41, 5.74) is 7.28. The second-order valence-electron chi connectivity index (χ2n) is 9.01. The van der Waals surface area contributed by atoms with Gasteiger partial charge in [0.1, 0.15) is 23.9 Å². The molecule has 0 radical (unpaired) electrons. The molecule has 3 rings (SSSR count). The molecule has 2 heterocycles. The first kappa shape index (κ1) is 28.1. The Morgan fingerprint density at radius 2 is 1.79 bits per heavy atom. The molecule has 3 amide bonds. The zero-order valence-electron chi connectivity index (χ0n) is 20.4. The zero-order valence-corrected chi connectivity index (χ0v) is 20.4. The van der Waals surface area contributed by atoms with Crippen molar-refractivity contribution in [2.75, 3.05) is 6.54 Å². The van der Waals surface area contributed by atoms with E-state index in [0.717, 1.165) is 0 Å². The number of carboxylic acids is 2. The van der Waals surface area contributed by atoms with E-state index >= 15 is 0 Å². The first-order valence-corrected chi connectivity index (χ1v) is 11.9. The number of aliphatic carboxylic acids is 2. The van der Waals surface area contributed by atoms with Gasteiger partial charge in [0.05, 0.1) is 18.8 Å². The van der Waals surface area contributed by atoms with Crippen LogP contribution in [-0.4, -0.2) is 90.6 Å². The van der Waals surface area contributed by atoms with Gasteiger partial charge in [-0.05, 0) is 30.5 Å². The third kappa shape index (κ3) is 7.52. The van der Waals surface area contributed by atoms with E-state index in [-0.39, 0.29) is 31.6 Å². The highest BCUT2D eigenvalue weighted by Gasteiger charge is 2.39. The van der Waals surface area contributed by atoms with Gasteiger partial charge in [-0.2, -0.15) is 0 Å². The third-order valence-corrected chi connectivity index (χ3v) is 6.15. The second kappa shape index (κ2) is 12.7. The summed E-state index contributed by atoms with van der Waals surface area (Å²) < 4.78 is 0. The van der Waals surface area contributed by atoms with Crippen molar-refractivity contribution < 1.29 is 39.3 Å². The van der Waals surface area contributed by atoms with Gasteiger partial charge in [-0.3, -0.25) is 19.2 Å². The Bertz CT molecular complexity index is 1150. The summed E-state index contributed by atoms with van der Waals surface area (Å²) in [5, 5.41) is 32.6. The van der Waals surface area contributed by atoms with Crippen LogP contribution in [0.15, 0.2) is 36.8 Å². The van der Waals surface area contributed by atoms with Crippen molar-refractivity contribution in [3.8, 4) is 5.75 Å². The van der Waals surface area contributed by atoms with Crippen LogP contribution in [0.2, 0.25) is 0 Å². The number of hydrogen-bond donors (Lipinski definition) is 7. The number of aromatic nitrogens is 2. The molecule has 0 spiro atoms. The number of carbonyl (C=O) groups excluding carboxylic acids is 3. The molecular formula is C24H30N6O8. The minimum atomic E-state index is -1.66. The maximum Gasteiger partial charge on any atom is 0.326 e. The lowest BCUT2D eigenvalue weighted by Gasteiger charge is -2.30. The molecule has 14 nitrogen and oxygen atoms in total. The van der Waals surface area contributed by atoms with Crippen LogP contribution in [0.25, 0.3) is 0 Å². The number of hydrogen-bond acceptors (Lipinski definition) is 8. The number of nitrogens with one attached hydrogen (secondary N) is 3. The monoisotopic (exact) mass is 530 g/mol. The van der Waals surface area contributed by atoms with Gasteiger partial charge in [-0.25, -0.2) is 9.78 Å². The first-order chi connectivity index (χ1) is 18.0. The summed E-state index contributed by atoms with van der Waals surface area (Å²) in [4.78, 5) is 69.7. The number of aromatic hydroxyl groups is 1. The SMILES string of the molecule is NC(Cc1cnc[nH]1)C(=O)NC(Cc1ccc(O)cc1)C(=O)N1CCCC1C(=O)NC(CC(=O)O)C(=O)O. The number of likely N-dealkylation sites (tertiary alicyclic amines) is 1. The number of H-pyrrole nitrogens is 1. The van der Waals surface area contributed by atoms with Gasteiger partial charge in [-0.1, -0.05) is 12.1 Å². The fourth-order valence-electron chi connectivity index (χ4n) is 4.22. The van der Waals surface area contributed by atoms with E-state index in [9.17, 15) is 34.2 Å². The highest BCUT2D eigenvalue weighted by molar-refractivity contribution is 5.95. The van der Waals surface area contributed by atoms with E-state index in [0.29, 0.717) is 17.7 Å². The van der Waals surface area contributed by atoms with Gasteiger partial charge >= 0.3 is 11.9 Å². The van der Waals surface area contributed by atoms with Crippen molar-refractivity contribution in [1.82, 2.24) is 25.5 Å². The number of carboxylic acid groups (broad SMARTS) is 2. The number of benzene rings is 1. The van der Waals surface area contributed by atoms with E-state index < -0.39 is 60.2 Å². The van der Waals surface area contributed by atoms with E-state index in [1.54, 1.807) is 12.1 Å². The molecule has 1 aromatic heterocycles. The van der Waals surface area contributed by atoms with Crippen molar-refractivity contribution in [3.05, 3.63) is 48.0 Å². The predicted molar refractivity (Wildman–Crippen MR) is 131 cm³/mol. The Balaban J connectivity index is 1.77. The average Bonchev–Trinajstić information content (AvgIpc) is 3.56. The van der Waals surface area contributed by atoms with Crippen molar-refractivity contribution in [3.63, 3.8) is 0 Å². The lowest BCUT2D eigenvalue weighted by atomic mass is 10.0. The summed E-state index contributed by atoms with van der Waals surface area (Å²) in [6, 6.07) is 1.21. The minimum Gasteiger partial charge on any atom is -0.508 e. The Morgan fingerprint density at radius 3 is 2.39 bits per heavy atom. The standard InChI is InChI=1S/C24H30N6O8/c25-16(9-14-11-26-12-27-14)21(34)28-17(8-13-3-5-15(31)6-4-13)23(36)30-7-1-2-19(30)22(35)29-18(24(37)38)10-20(32)33/h3-6,11-12,16-19,31H,1-2,7-10,25H2,(H,26,27)(H,28,34)(H,29,35)(H,32,33)(H,37,38). The van der Waals surface area contributed by atoms with Crippen LogP contribution >= 0.6 is 0 Å². The highest BCUT2D eigenvalue weighted by atomic mass is 16.4. The van der Waals surface area contributed by atoms with Crippen molar-refractivity contribution >= 4 is 29.7 Å². The van der Waals surface area contributed by atoms with E-state index in [1.165, 1.54) is 29.6 Å². The van der Waals surface area contributed by atoms with Crippen LogP contribution in [0, 0.1) is 0 Å². The fourth-order valence-corrected chi connectivity index (χ4v) is 4.22. The molecule has 1 aliphatic rings. The van der Waals surface area contributed by atoms with E-state index in [2.05, 4.69) is 20.6 Å². The van der Waals surface area contributed by atoms with Gasteiger partial charge in [-0.15, -0.1) is 0 Å². The molecule has 1 aromatic carbocycles. The van der Waals surface area contributed by atoms with Gasteiger partial charge in [0.2, 0.25) is 17.7 Å². The van der Waals surface area contributed by atoms with Crippen LogP contribution in [0.3, 0.4) is 0 Å². The fraction of sp³-hybridized carbons (Fsp3) is 0.417. The predicted octanol–water partition coefficient (Wildman–Crippen LogP) is -1.25. The molecule has 2 aromatic rings. The smallest absolute Gasteiger partial charge is 0.326 e. The van der Waals surface area contributed by atoms with E-state index in [1.807, 2.05) is 0 Å². The summed E-state index contributed by atoms with van der Waals surface area (Å²) >= 11 is 0. The molecule has 38 heavy (non-hydrogen) atoms. The molecule has 1 saturated heterocycles. The molecule has 1 aliphatic heterocycles. The van der Waals surface area contributed by atoms with Crippen molar-refractivity contribution in [2.24, 2.45) is 5.73 Å². The molecule has 0 aliphatic carbocycles. The third-order valence-electron chi connectivity index (χ3n) is 6.15. The van der Waals surface area contributed by atoms with Gasteiger partial charge in [0, 0.05) is 31.3 Å². The lowest BCUT2D eigenvalue weighted by molar-refractivity contribution is -0.148. The Hall–Kier alpha value is -4.46. The maximum atomic E-state index is 13.6. The average molecular weight is 531 g/mol. The van der Waals surface area contributed by atoms with Crippen LogP contribution in [-0.2, 0) is 36.8 Å². The molecule has 8 N–H and O–H groups in total. The number of rotatable bonds is 12. The van der Waals surface area contributed by atoms with Gasteiger partial charge < -0.3 is 41.6 Å². The lowest BCUT2D eigenvalue weighted by Crippen LogP contribution is -2.57. The number of phenolic OH excluding ortho intramolecular Hbond substituents is 1. The zero-order chi connectivity index (χ0) is 27.8. The number of aromatic amines is 1. The number of carbonyl (C=O) groups is 5. The molecular weight excluding hydrogens is 500 g/mol. The largest absolute Gasteiger partial charge is 0.508 e. The molecule has 4 unspecified atom stereocenters. The summed E-state index contributed by atoms with van der Waals surface area (Å²) in [7, 11) is 0. The van der Waals surface area contributed by atoms with Crippen LogP contribution in [0.5, 0.6) is 5.75 Å². The number of nitrogens with two attached hydrogens (primary N) is 1. The number of nitrogens with zero attached hydrogens (tertiary/aromatic N) is 2. The summed E-state index contributed by atoms with van der Waals surface area (Å²) in [5.74, 6) is -4.88. The van der Waals surface area contributed by atoms with Crippen LogP contribution in [0.4, 0.5) is 0 Å². The molecule has 14 heteroatoms. The highest BCUT2D eigenvalue weighted by Crippen LogP contribution is 2.21. The number of amides is 3. The quantitative estimate of drug-likeness (QED) is 0.172. The Morgan fingerprint density at radius 1 is 1.08 bits per heavy atom. The Kier molecular flexibility index (Phi) is 9.38. The normalized spacial score (nSPS) is 17.3. The number of phenols is 1. The Labute approximate surface area is 217 Å². The van der Waals surface area contributed by atoms with Gasteiger partial charge in [0.25, 0.3) is 0 Å². The van der Waals surface area contributed by atoms with Crippen molar-refractivity contribution in [1.29, 1.82) is 0 Å². The van der Waals surface area contributed by atoms with Crippen LogP contribution < -0.4 is 16.4 Å². The number of imidazole rings is 1. The molecule has 0 saturated carbocycles. The summed E-state index contributed by atoms with van der Waals surface area (Å²) in [6.07, 6.45) is 2.99. The maximum absolute atomic E-state index is 13.6. The first-order valence-electron chi connectivity index (χ1n) is 11.9. The van der Waals surface area contributed by atoms with Crippen LogP contribution in [0.1, 0.15) is 30.5 Å². The minimum absolute atomic E-state index is 0.0212. The summed E-state index contributed by atoms with van der Waals surface area (Å²) in [6.45, 7) is 0.176. The topological polar surface area (TPSA) is 228 Å². The molecule has 1 fully saturated rings. The second-order valence-corrected chi connectivity index (χ2v) is 9.01. The molecule has 4 atom stereocenters. The van der Waals surface area contributed by atoms with E-state index in [4.69, 9.17) is 10.8 Å². The molecule has 204 valence electrons. The van der Waals surface area contributed by atoms with Gasteiger partial charge in [0.15, 0.2) is 0 Å².